The number of methoxy groups -OCH3 is 4. The SMILES string of the molecule is C#CC(OCc1ccc(OC)cc1)c1c(-c2ccc(OC)cc2)oc2cc(OC)cc(OC)c12. The maximum absolute atomic E-state index is 6.32. The summed E-state index contributed by atoms with van der Waals surface area (Å²) >= 11 is 0. The van der Waals surface area contributed by atoms with Crippen LogP contribution in [0.3, 0.4) is 0 Å². The van der Waals surface area contributed by atoms with Crippen molar-refractivity contribution < 1.29 is 28.1 Å². The zero-order valence-electron chi connectivity index (χ0n) is 19.6. The average Bonchev–Trinajstić information content (AvgIpc) is 3.28. The van der Waals surface area contributed by atoms with Gasteiger partial charge in [0.15, 0.2) is 0 Å². The normalized spacial score (nSPS) is 11.6. The lowest BCUT2D eigenvalue weighted by Crippen LogP contribution is -2.04. The van der Waals surface area contributed by atoms with Crippen LogP contribution in [0.2, 0.25) is 0 Å². The van der Waals surface area contributed by atoms with Crippen LogP contribution in [0.5, 0.6) is 23.0 Å². The second-order valence-corrected chi connectivity index (χ2v) is 7.48. The highest BCUT2D eigenvalue weighted by Crippen LogP contribution is 2.45. The van der Waals surface area contributed by atoms with Gasteiger partial charge in [-0.1, -0.05) is 18.1 Å². The summed E-state index contributed by atoms with van der Waals surface area (Å²) in [4.78, 5) is 0. The Hall–Kier alpha value is -4.08. The molecule has 1 unspecified atom stereocenters. The molecule has 0 spiro atoms. The number of hydrogen-bond donors (Lipinski definition) is 0. The number of fused-ring (bicyclic) bond motifs is 1. The fourth-order valence-electron chi connectivity index (χ4n) is 3.79. The van der Waals surface area contributed by atoms with Crippen LogP contribution in [0, 0.1) is 12.3 Å². The Bertz CT molecular complexity index is 1300. The monoisotopic (exact) mass is 458 g/mol. The lowest BCUT2D eigenvalue weighted by Gasteiger charge is -2.15. The summed E-state index contributed by atoms with van der Waals surface area (Å²) in [7, 11) is 6.45. The van der Waals surface area contributed by atoms with Crippen molar-refractivity contribution >= 4 is 11.0 Å². The van der Waals surface area contributed by atoms with Gasteiger partial charge in [-0.15, -0.1) is 6.42 Å². The van der Waals surface area contributed by atoms with Crippen molar-refractivity contribution in [1.82, 2.24) is 0 Å². The lowest BCUT2D eigenvalue weighted by atomic mass is 10.00. The van der Waals surface area contributed by atoms with Crippen molar-refractivity contribution in [2.45, 2.75) is 12.7 Å². The third kappa shape index (κ3) is 4.52. The maximum atomic E-state index is 6.32. The molecule has 6 heteroatoms. The Morgan fingerprint density at radius 1 is 0.794 bits per heavy atom. The van der Waals surface area contributed by atoms with Crippen LogP contribution in [-0.4, -0.2) is 28.4 Å². The van der Waals surface area contributed by atoms with Crippen LogP contribution in [0.15, 0.2) is 65.1 Å². The fourth-order valence-corrected chi connectivity index (χ4v) is 3.79. The van der Waals surface area contributed by atoms with Crippen molar-refractivity contribution in [2.24, 2.45) is 0 Å². The molecule has 0 bridgehead atoms. The van der Waals surface area contributed by atoms with Gasteiger partial charge in [0.2, 0.25) is 0 Å². The minimum Gasteiger partial charge on any atom is -0.497 e. The van der Waals surface area contributed by atoms with E-state index in [-0.39, 0.29) is 0 Å². The topological polar surface area (TPSA) is 59.3 Å². The first kappa shape index (κ1) is 23.1. The molecule has 174 valence electrons. The summed E-state index contributed by atoms with van der Waals surface area (Å²) in [6, 6.07) is 18.8. The van der Waals surface area contributed by atoms with E-state index >= 15 is 0 Å². The standard InChI is InChI=1S/C28H26O6/c1-6-23(33-17-18-7-11-20(29-2)12-8-18)27-26-24(32-5)15-22(31-4)16-25(26)34-28(27)19-9-13-21(30-3)14-10-19/h1,7-16,23H,17H2,2-5H3. The van der Waals surface area contributed by atoms with E-state index in [0.29, 0.717) is 29.4 Å². The molecule has 0 saturated carbocycles. The molecule has 0 N–H and O–H groups in total. The first-order chi connectivity index (χ1) is 16.6. The van der Waals surface area contributed by atoms with E-state index in [4.69, 9.17) is 34.5 Å². The van der Waals surface area contributed by atoms with E-state index in [2.05, 4.69) is 5.92 Å². The molecule has 1 atom stereocenters. The highest BCUT2D eigenvalue weighted by atomic mass is 16.5. The molecule has 4 aromatic rings. The lowest BCUT2D eigenvalue weighted by molar-refractivity contribution is 0.0789. The Kier molecular flexibility index (Phi) is 6.95. The van der Waals surface area contributed by atoms with Crippen LogP contribution < -0.4 is 18.9 Å². The number of benzene rings is 3. The van der Waals surface area contributed by atoms with Crippen LogP contribution >= 0.6 is 0 Å². The first-order valence-corrected chi connectivity index (χ1v) is 10.6. The minimum absolute atomic E-state index is 0.312. The van der Waals surface area contributed by atoms with Crippen LogP contribution in [0.1, 0.15) is 17.2 Å². The number of furan rings is 1. The van der Waals surface area contributed by atoms with Crippen molar-refractivity contribution in [3.63, 3.8) is 0 Å². The summed E-state index contributed by atoms with van der Waals surface area (Å²) in [5.74, 6) is 6.10. The molecule has 0 fully saturated rings. The molecule has 0 saturated heterocycles. The number of ether oxygens (including phenoxy) is 5. The van der Waals surface area contributed by atoms with Gasteiger partial charge in [0.25, 0.3) is 0 Å². The fraction of sp³-hybridized carbons (Fsp3) is 0.214. The summed E-state index contributed by atoms with van der Waals surface area (Å²) in [5.41, 5.74) is 3.11. The molecule has 3 aromatic carbocycles. The molecule has 0 aliphatic heterocycles. The zero-order valence-corrected chi connectivity index (χ0v) is 19.6. The quantitative estimate of drug-likeness (QED) is 0.286. The second kappa shape index (κ2) is 10.2. The third-order valence-electron chi connectivity index (χ3n) is 5.56. The number of terminal acetylenes is 1. The van der Waals surface area contributed by atoms with E-state index in [1.54, 1.807) is 34.5 Å². The van der Waals surface area contributed by atoms with Gasteiger partial charge >= 0.3 is 0 Å². The van der Waals surface area contributed by atoms with Crippen LogP contribution in [0.25, 0.3) is 22.3 Å². The molecule has 4 rings (SSSR count). The van der Waals surface area contributed by atoms with Crippen LogP contribution in [0.4, 0.5) is 0 Å². The Balaban J connectivity index is 1.81. The van der Waals surface area contributed by atoms with E-state index in [1.165, 1.54) is 0 Å². The van der Waals surface area contributed by atoms with E-state index in [9.17, 15) is 0 Å². The molecular weight excluding hydrogens is 432 g/mol. The molecule has 34 heavy (non-hydrogen) atoms. The largest absolute Gasteiger partial charge is 0.497 e. The van der Waals surface area contributed by atoms with Gasteiger partial charge in [-0.05, 0) is 42.0 Å². The van der Waals surface area contributed by atoms with E-state index in [0.717, 1.165) is 33.6 Å². The Morgan fingerprint density at radius 3 is 1.97 bits per heavy atom. The van der Waals surface area contributed by atoms with Crippen molar-refractivity contribution in [2.75, 3.05) is 28.4 Å². The molecular formula is C28H26O6. The molecule has 0 aliphatic rings. The van der Waals surface area contributed by atoms with Crippen molar-refractivity contribution in [1.29, 1.82) is 0 Å². The summed E-state index contributed by atoms with van der Waals surface area (Å²) < 4.78 is 34.2. The van der Waals surface area contributed by atoms with Gasteiger partial charge < -0.3 is 28.1 Å². The predicted molar refractivity (Wildman–Crippen MR) is 131 cm³/mol. The van der Waals surface area contributed by atoms with Gasteiger partial charge in [0.1, 0.15) is 40.4 Å². The average molecular weight is 459 g/mol. The van der Waals surface area contributed by atoms with Gasteiger partial charge in [0.05, 0.1) is 46.0 Å². The summed E-state index contributed by atoms with van der Waals surface area (Å²) in [5, 5.41) is 0.742. The predicted octanol–water partition coefficient (Wildman–Crippen LogP) is 6.03. The first-order valence-electron chi connectivity index (χ1n) is 10.6. The third-order valence-corrected chi connectivity index (χ3v) is 5.56. The van der Waals surface area contributed by atoms with Gasteiger partial charge in [-0.3, -0.25) is 0 Å². The Morgan fingerprint density at radius 2 is 1.41 bits per heavy atom. The molecule has 0 amide bonds. The second-order valence-electron chi connectivity index (χ2n) is 7.48. The summed E-state index contributed by atoms with van der Waals surface area (Å²) in [6.07, 6.45) is 5.29. The van der Waals surface area contributed by atoms with Gasteiger partial charge in [-0.2, -0.15) is 0 Å². The smallest absolute Gasteiger partial charge is 0.148 e. The van der Waals surface area contributed by atoms with Crippen molar-refractivity contribution in [3.05, 3.63) is 71.8 Å². The van der Waals surface area contributed by atoms with E-state index < -0.39 is 6.10 Å². The molecule has 1 aromatic heterocycles. The highest BCUT2D eigenvalue weighted by Gasteiger charge is 2.27. The van der Waals surface area contributed by atoms with E-state index in [1.807, 2.05) is 54.6 Å². The minimum atomic E-state index is -0.692. The van der Waals surface area contributed by atoms with Crippen molar-refractivity contribution in [3.8, 4) is 46.7 Å². The number of rotatable bonds is 9. The maximum Gasteiger partial charge on any atom is 0.148 e. The van der Waals surface area contributed by atoms with Crippen LogP contribution in [-0.2, 0) is 11.3 Å². The van der Waals surface area contributed by atoms with Gasteiger partial charge in [-0.25, -0.2) is 0 Å². The molecule has 6 nitrogen and oxygen atoms in total. The zero-order chi connectivity index (χ0) is 24.1. The summed E-state index contributed by atoms with van der Waals surface area (Å²) in [6.45, 7) is 0.312. The molecule has 1 heterocycles. The van der Waals surface area contributed by atoms with Gasteiger partial charge in [0, 0.05) is 17.7 Å². The molecule has 0 radical (unpaired) electrons. The Labute approximate surface area is 199 Å². The highest BCUT2D eigenvalue weighted by molar-refractivity contribution is 5.94. The number of hydrogen-bond acceptors (Lipinski definition) is 6. The molecule has 0 aliphatic carbocycles.